The van der Waals surface area contributed by atoms with Crippen LogP contribution < -0.4 is 4.90 Å². The average molecular weight is 260 g/mol. The summed E-state index contributed by atoms with van der Waals surface area (Å²) < 4.78 is 9.04. The first-order chi connectivity index (χ1) is 8.58. The minimum atomic E-state index is -0.514. The molecular formula is C11H18NO6+. The van der Waals surface area contributed by atoms with E-state index in [4.69, 9.17) is 0 Å². The summed E-state index contributed by atoms with van der Waals surface area (Å²) in [5, 5.41) is 0. The van der Waals surface area contributed by atoms with Gasteiger partial charge in [-0.25, -0.2) is 0 Å². The molecule has 0 aliphatic rings. The quantitative estimate of drug-likeness (QED) is 0.372. The molecule has 7 heteroatoms. The Morgan fingerprint density at radius 1 is 1.00 bits per heavy atom. The van der Waals surface area contributed by atoms with Crippen LogP contribution in [0.15, 0.2) is 0 Å². The van der Waals surface area contributed by atoms with Crippen LogP contribution in [0.5, 0.6) is 0 Å². The summed E-state index contributed by atoms with van der Waals surface area (Å²) in [5.74, 6) is -1.00. The van der Waals surface area contributed by atoms with E-state index >= 15 is 0 Å². The van der Waals surface area contributed by atoms with Crippen molar-refractivity contribution in [1.29, 1.82) is 0 Å². The minimum absolute atomic E-state index is 0.0391. The molecule has 0 aromatic carbocycles. The van der Waals surface area contributed by atoms with Gasteiger partial charge in [0.1, 0.15) is 19.1 Å². The van der Waals surface area contributed by atoms with Crippen molar-refractivity contribution in [2.75, 3.05) is 27.3 Å². The maximum absolute atomic E-state index is 11.2. The van der Waals surface area contributed by atoms with Gasteiger partial charge in [-0.2, -0.15) is 0 Å². The van der Waals surface area contributed by atoms with Crippen LogP contribution in [0, 0.1) is 0 Å². The number of esters is 2. The zero-order chi connectivity index (χ0) is 14.0. The number of nitrogens with one attached hydrogen (secondary N) is 1. The molecule has 0 fully saturated rings. The van der Waals surface area contributed by atoms with Crippen LogP contribution in [0.2, 0.25) is 0 Å². The molecule has 102 valence electrons. The summed E-state index contributed by atoms with van der Waals surface area (Å²) in [7, 11) is 2.47. The Morgan fingerprint density at radius 2 is 1.39 bits per heavy atom. The van der Waals surface area contributed by atoms with Gasteiger partial charge in [-0.3, -0.25) is 19.2 Å². The molecule has 0 saturated carbocycles. The van der Waals surface area contributed by atoms with Crippen molar-refractivity contribution < 1.29 is 33.6 Å². The number of quaternary nitrogens is 1. The second-order valence-electron chi connectivity index (χ2n) is 3.66. The Kier molecular flexibility index (Phi) is 8.38. The monoisotopic (exact) mass is 260 g/mol. The third-order valence-electron chi connectivity index (χ3n) is 2.55. The zero-order valence-corrected chi connectivity index (χ0v) is 10.5. The van der Waals surface area contributed by atoms with Crippen LogP contribution >= 0.6 is 0 Å². The van der Waals surface area contributed by atoms with E-state index < -0.39 is 18.0 Å². The Morgan fingerprint density at radius 3 is 1.67 bits per heavy atom. The summed E-state index contributed by atoms with van der Waals surface area (Å²) in [6.45, 7) is 0.0782. The van der Waals surface area contributed by atoms with E-state index in [1.54, 1.807) is 0 Å². The fourth-order valence-electron chi connectivity index (χ4n) is 1.56. The number of carbonyl (C=O) groups is 4. The minimum Gasteiger partial charge on any atom is -0.469 e. The van der Waals surface area contributed by atoms with E-state index in [-0.39, 0.29) is 25.9 Å². The third-order valence-corrected chi connectivity index (χ3v) is 2.55. The van der Waals surface area contributed by atoms with Crippen molar-refractivity contribution in [3.05, 3.63) is 0 Å². The molecule has 0 aliphatic carbocycles. The van der Waals surface area contributed by atoms with Gasteiger partial charge in [-0.1, -0.05) is 0 Å². The molecule has 0 aromatic heterocycles. The Bertz CT molecular complexity index is 276. The second-order valence-corrected chi connectivity index (χ2v) is 3.66. The number of hydrogen-bond donors (Lipinski definition) is 1. The SMILES string of the molecule is COC(=O)CC(CC(=O)OC)[NH+](CC=O)CC=O. The van der Waals surface area contributed by atoms with Crippen LogP contribution in [-0.2, 0) is 28.7 Å². The number of hydrogen-bond acceptors (Lipinski definition) is 6. The van der Waals surface area contributed by atoms with Gasteiger partial charge in [0, 0.05) is 0 Å². The fourth-order valence-corrected chi connectivity index (χ4v) is 1.56. The Hall–Kier alpha value is -1.76. The number of rotatable bonds is 9. The van der Waals surface area contributed by atoms with Crippen LogP contribution in [0.1, 0.15) is 12.8 Å². The number of aldehydes is 2. The maximum Gasteiger partial charge on any atom is 0.311 e. The average Bonchev–Trinajstić information content (AvgIpc) is 2.37. The molecule has 0 heterocycles. The zero-order valence-electron chi connectivity index (χ0n) is 10.5. The van der Waals surface area contributed by atoms with E-state index in [0.717, 1.165) is 0 Å². The fraction of sp³-hybridized carbons (Fsp3) is 0.636. The molecule has 7 nitrogen and oxygen atoms in total. The highest BCUT2D eigenvalue weighted by Crippen LogP contribution is 1.98. The topological polar surface area (TPSA) is 91.2 Å². The molecule has 0 radical (unpaired) electrons. The van der Waals surface area contributed by atoms with Crippen molar-refractivity contribution in [2.24, 2.45) is 0 Å². The largest absolute Gasteiger partial charge is 0.469 e. The molecule has 0 bridgehead atoms. The normalized spacial score (nSPS) is 10.2. The van der Waals surface area contributed by atoms with Crippen LogP contribution in [0.3, 0.4) is 0 Å². The predicted molar refractivity (Wildman–Crippen MR) is 59.9 cm³/mol. The first-order valence-corrected chi connectivity index (χ1v) is 5.44. The molecule has 0 rings (SSSR count). The van der Waals surface area contributed by atoms with Gasteiger partial charge in [-0.05, 0) is 0 Å². The molecule has 1 N–H and O–H groups in total. The molecule has 0 amide bonds. The summed E-state index contributed by atoms with van der Waals surface area (Å²) in [4.78, 5) is 44.1. The highest BCUT2D eigenvalue weighted by Gasteiger charge is 2.28. The van der Waals surface area contributed by atoms with Gasteiger partial charge in [-0.15, -0.1) is 0 Å². The highest BCUT2D eigenvalue weighted by molar-refractivity contribution is 5.73. The van der Waals surface area contributed by atoms with Gasteiger partial charge in [0.2, 0.25) is 0 Å². The lowest BCUT2D eigenvalue weighted by molar-refractivity contribution is -0.907. The lowest BCUT2D eigenvalue weighted by Crippen LogP contribution is -3.16. The molecule has 0 aliphatic heterocycles. The smallest absolute Gasteiger partial charge is 0.311 e. The highest BCUT2D eigenvalue weighted by atomic mass is 16.5. The number of carbonyl (C=O) groups excluding carboxylic acids is 4. The molecule has 0 atom stereocenters. The van der Waals surface area contributed by atoms with E-state index in [2.05, 4.69) is 9.47 Å². The Labute approximate surface area is 105 Å². The molecule has 0 saturated heterocycles. The third kappa shape index (κ3) is 6.09. The number of ether oxygens (including phenoxy) is 2. The standard InChI is InChI=1S/C11H17NO6/c1-17-10(15)7-9(8-11(16)18-2)12(3-5-13)4-6-14/h5-6,9H,3-4,7-8H2,1-2H3/p+1. The van der Waals surface area contributed by atoms with E-state index in [1.807, 2.05) is 0 Å². The second kappa shape index (κ2) is 9.29. The first-order valence-electron chi connectivity index (χ1n) is 5.44. The molecule has 0 spiro atoms. The van der Waals surface area contributed by atoms with Gasteiger partial charge < -0.3 is 14.4 Å². The summed E-state index contributed by atoms with van der Waals surface area (Å²) in [5.41, 5.74) is 0. The summed E-state index contributed by atoms with van der Waals surface area (Å²) in [6, 6.07) is -0.514. The summed E-state index contributed by atoms with van der Waals surface area (Å²) >= 11 is 0. The van der Waals surface area contributed by atoms with Gasteiger partial charge in [0.15, 0.2) is 12.6 Å². The molecule has 0 aromatic rings. The van der Waals surface area contributed by atoms with Gasteiger partial charge in [0.05, 0.1) is 27.1 Å². The number of methoxy groups -OCH3 is 2. The lowest BCUT2D eigenvalue weighted by Gasteiger charge is -2.23. The predicted octanol–water partition coefficient (Wildman–Crippen LogP) is -2.24. The van der Waals surface area contributed by atoms with Crippen LogP contribution in [-0.4, -0.2) is 57.9 Å². The van der Waals surface area contributed by atoms with Gasteiger partial charge in [0.25, 0.3) is 0 Å². The molecule has 0 unspecified atom stereocenters. The Balaban J connectivity index is 4.76. The lowest BCUT2D eigenvalue weighted by atomic mass is 10.1. The molecular weight excluding hydrogens is 242 g/mol. The van der Waals surface area contributed by atoms with Crippen molar-refractivity contribution >= 4 is 24.5 Å². The summed E-state index contributed by atoms with van der Waals surface area (Å²) in [6.07, 6.45) is 1.17. The van der Waals surface area contributed by atoms with E-state index in [9.17, 15) is 19.2 Å². The van der Waals surface area contributed by atoms with Crippen LogP contribution in [0.25, 0.3) is 0 Å². The van der Waals surface area contributed by atoms with Crippen LogP contribution in [0.4, 0.5) is 0 Å². The van der Waals surface area contributed by atoms with Crippen molar-refractivity contribution in [1.82, 2.24) is 0 Å². The van der Waals surface area contributed by atoms with Gasteiger partial charge >= 0.3 is 11.9 Å². The van der Waals surface area contributed by atoms with Crippen molar-refractivity contribution in [2.45, 2.75) is 18.9 Å². The van der Waals surface area contributed by atoms with E-state index in [0.29, 0.717) is 17.5 Å². The van der Waals surface area contributed by atoms with Crippen molar-refractivity contribution in [3.8, 4) is 0 Å². The van der Waals surface area contributed by atoms with E-state index in [1.165, 1.54) is 14.2 Å². The van der Waals surface area contributed by atoms with Crippen molar-refractivity contribution in [3.63, 3.8) is 0 Å². The molecule has 18 heavy (non-hydrogen) atoms. The maximum atomic E-state index is 11.2. The first kappa shape index (κ1) is 16.2.